The van der Waals surface area contributed by atoms with Gasteiger partial charge in [-0.15, -0.1) is 0 Å². The number of carbonyl (C=O) groups is 2. The molecule has 0 aliphatic carbocycles. The summed E-state index contributed by atoms with van der Waals surface area (Å²) >= 11 is 0. The molecule has 0 atom stereocenters. The summed E-state index contributed by atoms with van der Waals surface area (Å²) in [5.41, 5.74) is 8.40. The van der Waals surface area contributed by atoms with Crippen molar-refractivity contribution in [3.05, 3.63) is 114 Å². The van der Waals surface area contributed by atoms with Crippen LogP contribution in [0.5, 0.6) is 11.5 Å². The van der Waals surface area contributed by atoms with Gasteiger partial charge in [-0.1, -0.05) is 24.3 Å². The first-order valence-corrected chi connectivity index (χ1v) is 9.98. The van der Waals surface area contributed by atoms with E-state index in [2.05, 4.69) is 10.6 Å². The minimum atomic E-state index is -0.271. The molecule has 0 heterocycles. The molecule has 0 bridgehead atoms. The average molecular weight is 423 g/mol. The molecular weight excluding hydrogens is 402 g/mol. The molecule has 6 heteroatoms. The third-order valence-corrected chi connectivity index (χ3v) is 4.64. The maximum Gasteiger partial charge on any atom is 0.255 e. The van der Waals surface area contributed by atoms with Crippen molar-refractivity contribution in [1.82, 2.24) is 0 Å². The van der Waals surface area contributed by atoms with Gasteiger partial charge in [0.2, 0.25) is 0 Å². The summed E-state index contributed by atoms with van der Waals surface area (Å²) < 4.78 is 5.75. The van der Waals surface area contributed by atoms with E-state index < -0.39 is 0 Å². The van der Waals surface area contributed by atoms with Gasteiger partial charge in [-0.2, -0.15) is 0 Å². The topological polar surface area (TPSA) is 93.5 Å². The molecule has 0 saturated carbocycles. The number of amides is 2. The Balaban J connectivity index is 1.35. The zero-order valence-electron chi connectivity index (χ0n) is 17.1. The molecule has 32 heavy (non-hydrogen) atoms. The Morgan fingerprint density at radius 1 is 0.594 bits per heavy atom. The van der Waals surface area contributed by atoms with E-state index in [1.165, 1.54) is 0 Å². The van der Waals surface area contributed by atoms with E-state index in [1.54, 1.807) is 72.8 Å². The van der Waals surface area contributed by atoms with Gasteiger partial charge in [-0.25, -0.2) is 0 Å². The highest BCUT2D eigenvalue weighted by molar-refractivity contribution is 6.06. The Kier molecular flexibility index (Phi) is 6.13. The standard InChI is InChI=1S/C26H21N3O3/c27-20-6-4-5-19(17-20)26(31)29-21-11-9-18(10-12-21)25(30)28-22-13-15-24(16-14-22)32-23-7-2-1-3-8-23/h1-17H,27H2,(H,28,30)(H,29,31). The predicted molar refractivity (Wildman–Crippen MR) is 126 cm³/mol. The molecule has 0 aliphatic rings. The van der Waals surface area contributed by atoms with Crippen LogP contribution in [0.15, 0.2) is 103 Å². The second kappa shape index (κ2) is 9.49. The van der Waals surface area contributed by atoms with Gasteiger partial charge in [0.05, 0.1) is 0 Å². The second-order valence-corrected chi connectivity index (χ2v) is 7.05. The molecule has 4 rings (SSSR count). The number of hydrogen-bond donors (Lipinski definition) is 3. The summed E-state index contributed by atoms with van der Waals surface area (Å²) in [6.45, 7) is 0. The SMILES string of the molecule is Nc1cccc(C(=O)Nc2ccc(C(=O)Nc3ccc(Oc4ccccc4)cc3)cc2)c1. The van der Waals surface area contributed by atoms with Crippen molar-refractivity contribution < 1.29 is 14.3 Å². The maximum absolute atomic E-state index is 12.5. The molecule has 4 aromatic carbocycles. The molecule has 4 aromatic rings. The van der Waals surface area contributed by atoms with Gasteiger partial charge < -0.3 is 21.1 Å². The Labute approximate surface area is 185 Å². The first-order valence-electron chi connectivity index (χ1n) is 9.98. The Morgan fingerprint density at radius 2 is 1.16 bits per heavy atom. The van der Waals surface area contributed by atoms with E-state index in [4.69, 9.17) is 10.5 Å². The van der Waals surface area contributed by atoms with Gasteiger partial charge in [0.15, 0.2) is 0 Å². The fraction of sp³-hybridized carbons (Fsp3) is 0. The van der Waals surface area contributed by atoms with Crippen LogP contribution in [0.1, 0.15) is 20.7 Å². The fourth-order valence-electron chi connectivity index (χ4n) is 3.02. The molecule has 0 aromatic heterocycles. The summed E-state index contributed by atoms with van der Waals surface area (Å²) in [4.78, 5) is 24.9. The Bertz CT molecular complexity index is 1220. The highest BCUT2D eigenvalue weighted by Crippen LogP contribution is 2.23. The number of nitrogens with one attached hydrogen (secondary N) is 2. The van der Waals surface area contributed by atoms with E-state index in [0.717, 1.165) is 5.75 Å². The molecule has 0 unspecified atom stereocenters. The number of nitrogen functional groups attached to an aromatic ring is 1. The quantitative estimate of drug-likeness (QED) is 0.354. The highest BCUT2D eigenvalue weighted by Gasteiger charge is 2.09. The summed E-state index contributed by atoms with van der Waals surface area (Å²) in [6, 6.07) is 30.0. The van der Waals surface area contributed by atoms with Crippen LogP contribution in [0.25, 0.3) is 0 Å². The first kappa shape index (κ1) is 20.7. The van der Waals surface area contributed by atoms with Crippen LogP contribution >= 0.6 is 0 Å². The zero-order chi connectivity index (χ0) is 22.3. The van der Waals surface area contributed by atoms with Crippen LogP contribution in [-0.4, -0.2) is 11.8 Å². The van der Waals surface area contributed by atoms with Crippen LogP contribution in [0.2, 0.25) is 0 Å². The van der Waals surface area contributed by atoms with Gasteiger partial charge in [-0.3, -0.25) is 9.59 Å². The van der Waals surface area contributed by atoms with Crippen molar-refractivity contribution in [2.75, 3.05) is 16.4 Å². The molecule has 0 spiro atoms. The molecule has 0 aliphatic heterocycles. The van der Waals surface area contributed by atoms with Crippen molar-refractivity contribution >= 4 is 28.9 Å². The Morgan fingerprint density at radius 3 is 1.78 bits per heavy atom. The highest BCUT2D eigenvalue weighted by atomic mass is 16.5. The number of hydrogen-bond acceptors (Lipinski definition) is 4. The molecule has 0 saturated heterocycles. The molecule has 0 fully saturated rings. The van der Waals surface area contributed by atoms with Gasteiger partial charge in [0.1, 0.15) is 11.5 Å². The second-order valence-electron chi connectivity index (χ2n) is 7.05. The number of rotatable bonds is 6. The van der Waals surface area contributed by atoms with Crippen molar-refractivity contribution in [3.63, 3.8) is 0 Å². The summed E-state index contributed by atoms with van der Waals surface area (Å²) in [6.07, 6.45) is 0. The monoisotopic (exact) mass is 423 g/mol. The van der Waals surface area contributed by atoms with Gasteiger partial charge >= 0.3 is 0 Å². The van der Waals surface area contributed by atoms with E-state index in [-0.39, 0.29) is 11.8 Å². The molecule has 4 N–H and O–H groups in total. The third kappa shape index (κ3) is 5.31. The lowest BCUT2D eigenvalue weighted by atomic mass is 10.1. The number of carbonyl (C=O) groups excluding carboxylic acids is 2. The number of ether oxygens (including phenoxy) is 1. The van der Waals surface area contributed by atoms with Gasteiger partial charge in [-0.05, 0) is 78.9 Å². The minimum absolute atomic E-state index is 0.254. The summed E-state index contributed by atoms with van der Waals surface area (Å²) in [5, 5.41) is 5.63. The van der Waals surface area contributed by atoms with Crippen LogP contribution < -0.4 is 21.1 Å². The van der Waals surface area contributed by atoms with Crippen LogP contribution in [0, 0.1) is 0 Å². The van der Waals surface area contributed by atoms with Gasteiger partial charge in [0, 0.05) is 28.2 Å². The summed E-state index contributed by atoms with van der Waals surface area (Å²) in [5.74, 6) is 0.893. The molecule has 0 radical (unpaired) electrons. The maximum atomic E-state index is 12.5. The molecule has 6 nitrogen and oxygen atoms in total. The third-order valence-electron chi connectivity index (χ3n) is 4.64. The van der Waals surface area contributed by atoms with E-state index >= 15 is 0 Å². The van der Waals surface area contributed by atoms with Crippen molar-refractivity contribution in [3.8, 4) is 11.5 Å². The average Bonchev–Trinajstić information content (AvgIpc) is 2.81. The number of benzene rings is 4. The predicted octanol–water partition coefficient (Wildman–Crippen LogP) is 5.57. The molecular formula is C26H21N3O3. The lowest BCUT2D eigenvalue weighted by Gasteiger charge is -2.09. The van der Waals surface area contributed by atoms with Crippen molar-refractivity contribution in [1.29, 1.82) is 0 Å². The Hall–Kier alpha value is -4.58. The van der Waals surface area contributed by atoms with Crippen molar-refractivity contribution in [2.24, 2.45) is 0 Å². The lowest BCUT2D eigenvalue weighted by molar-refractivity contribution is 0.102. The van der Waals surface area contributed by atoms with Crippen LogP contribution in [-0.2, 0) is 0 Å². The minimum Gasteiger partial charge on any atom is -0.457 e. The largest absolute Gasteiger partial charge is 0.457 e. The number of nitrogens with two attached hydrogens (primary N) is 1. The summed E-state index contributed by atoms with van der Waals surface area (Å²) in [7, 11) is 0. The van der Waals surface area contributed by atoms with E-state index in [1.807, 2.05) is 30.3 Å². The van der Waals surface area contributed by atoms with Crippen LogP contribution in [0.4, 0.5) is 17.1 Å². The fourth-order valence-corrected chi connectivity index (χ4v) is 3.02. The van der Waals surface area contributed by atoms with Crippen molar-refractivity contribution in [2.45, 2.75) is 0 Å². The zero-order valence-corrected chi connectivity index (χ0v) is 17.1. The first-order chi connectivity index (χ1) is 15.6. The number of para-hydroxylation sites is 1. The smallest absolute Gasteiger partial charge is 0.255 e. The lowest BCUT2D eigenvalue weighted by Crippen LogP contribution is -2.14. The van der Waals surface area contributed by atoms with Crippen LogP contribution in [0.3, 0.4) is 0 Å². The van der Waals surface area contributed by atoms with E-state index in [9.17, 15) is 9.59 Å². The van der Waals surface area contributed by atoms with E-state index in [0.29, 0.717) is 33.9 Å². The normalized spacial score (nSPS) is 10.2. The van der Waals surface area contributed by atoms with Gasteiger partial charge in [0.25, 0.3) is 11.8 Å². The number of anilines is 3. The molecule has 2 amide bonds. The molecule has 158 valence electrons.